The number of fused-ring (bicyclic) bond motifs is 1. The van der Waals surface area contributed by atoms with Gasteiger partial charge in [0.05, 0.1) is 11.0 Å². The molecule has 2 heterocycles. The Morgan fingerprint density at radius 1 is 1.06 bits per heavy atom. The quantitative estimate of drug-likeness (QED) is 0.304. The third-order valence-corrected chi connectivity index (χ3v) is 7.17. The van der Waals surface area contributed by atoms with Gasteiger partial charge >= 0.3 is 0 Å². The van der Waals surface area contributed by atoms with E-state index in [1.165, 1.54) is 24.6 Å². The number of carbonyl (C=O) groups excluding carboxylic acids is 1. The lowest BCUT2D eigenvalue weighted by Crippen LogP contribution is -2.34. The molecular formula is C29H30ClFN4O. The fraction of sp³-hybridized carbons (Fsp3) is 0.310. The van der Waals surface area contributed by atoms with Crippen LogP contribution in [0.1, 0.15) is 37.7 Å². The van der Waals surface area contributed by atoms with E-state index in [-0.39, 0.29) is 11.7 Å². The van der Waals surface area contributed by atoms with Crippen molar-refractivity contribution in [2.24, 2.45) is 0 Å². The Morgan fingerprint density at radius 3 is 2.58 bits per heavy atom. The van der Waals surface area contributed by atoms with Crippen LogP contribution in [0.2, 0.25) is 5.02 Å². The van der Waals surface area contributed by atoms with Gasteiger partial charge in [-0.2, -0.15) is 0 Å². The zero-order chi connectivity index (χ0) is 25.1. The lowest BCUT2D eigenvalue weighted by atomic mass is 9.89. The molecule has 0 bridgehead atoms. The van der Waals surface area contributed by atoms with Crippen molar-refractivity contribution in [3.05, 3.63) is 83.1 Å². The van der Waals surface area contributed by atoms with E-state index in [0.29, 0.717) is 10.9 Å². The molecule has 0 unspecified atom stereocenters. The fourth-order valence-electron chi connectivity index (χ4n) is 5.16. The molecule has 1 aliphatic heterocycles. The van der Waals surface area contributed by atoms with Crippen molar-refractivity contribution in [3.63, 3.8) is 0 Å². The molecule has 36 heavy (non-hydrogen) atoms. The lowest BCUT2D eigenvalue weighted by Gasteiger charge is -2.32. The number of nitrogens with zero attached hydrogens (tertiary/aromatic N) is 3. The summed E-state index contributed by atoms with van der Waals surface area (Å²) in [6.07, 6.45) is 3.21. The number of hydrogen-bond donors (Lipinski definition) is 1. The smallest absolute Gasteiger partial charge is 0.221 e. The number of amides is 1. The van der Waals surface area contributed by atoms with Crippen LogP contribution in [0, 0.1) is 5.82 Å². The summed E-state index contributed by atoms with van der Waals surface area (Å²) >= 11 is 6.22. The van der Waals surface area contributed by atoms with E-state index >= 15 is 0 Å². The highest BCUT2D eigenvalue weighted by Gasteiger charge is 2.21. The summed E-state index contributed by atoms with van der Waals surface area (Å²) < 4.78 is 15.7. The van der Waals surface area contributed by atoms with E-state index in [9.17, 15) is 9.18 Å². The highest BCUT2D eigenvalue weighted by atomic mass is 35.5. The summed E-state index contributed by atoms with van der Waals surface area (Å²) in [5, 5.41) is 3.54. The van der Waals surface area contributed by atoms with E-state index in [0.717, 1.165) is 73.6 Å². The summed E-state index contributed by atoms with van der Waals surface area (Å²) in [4.78, 5) is 18.7. The number of piperidine rings is 1. The summed E-state index contributed by atoms with van der Waals surface area (Å²) in [5.41, 5.74) is 4.95. The summed E-state index contributed by atoms with van der Waals surface area (Å²) in [6, 6.07) is 20.5. The first-order valence-electron chi connectivity index (χ1n) is 12.5. The SMILES string of the molecule is CC(=O)Nc1cccc(C2CCN(CCCn3c(-c4ccc(F)cc4)nc4cc(Cl)ccc43)CC2)c1. The lowest BCUT2D eigenvalue weighted by molar-refractivity contribution is -0.114. The number of halogens is 2. The van der Waals surface area contributed by atoms with Gasteiger partial charge in [-0.3, -0.25) is 4.79 Å². The van der Waals surface area contributed by atoms with Crippen LogP contribution < -0.4 is 5.32 Å². The van der Waals surface area contributed by atoms with Crippen molar-refractivity contribution in [2.45, 2.75) is 38.6 Å². The predicted octanol–water partition coefficient (Wildman–Crippen LogP) is 6.72. The van der Waals surface area contributed by atoms with Crippen LogP contribution >= 0.6 is 11.6 Å². The van der Waals surface area contributed by atoms with Crippen molar-refractivity contribution in [3.8, 4) is 11.4 Å². The first-order chi connectivity index (χ1) is 17.5. The Bertz CT molecular complexity index is 1360. The number of benzene rings is 3. The summed E-state index contributed by atoms with van der Waals surface area (Å²) in [5.74, 6) is 1.06. The molecule has 0 spiro atoms. The second-order valence-electron chi connectivity index (χ2n) is 9.50. The van der Waals surface area contributed by atoms with Gasteiger partial charge < -0.3 is 14.8 Å². The number of nitrogens with one attached hydrogen (secondary N) is 1. The van der Waals surface area contributed by atoms with Crippen LogP contribution in [0.4, 0.5) is 10.1 Å². The molecular weight excluding hydrogens is 475 g/mol. The highest BCUT2D eigenvalue weighted by Crippen LogP contribution is 2.30. The molecule has 0 saturated carbocycles. The number of hydrogen-bond acceptors (Lipinski definition) is 3. The van der Waals surface area contributed by atoms with Crippen molar-refractivity contribution in [1.82, 2.24) is 14.5 Å². The third kappa shape index (κ3) is 5.61. The second kappa shape index (κ2) is 10.8. The molecule has 7 heteroatoms. The third-order valence-electron chi connectivity index (χ3n) is 6.93. The molecule has 1 N–H and O–H groups in total. The van der Waals surface area contributed by atoms with Crippen molar-refractivity contribution in [1.29, 1.82) is 0 Å². The Hall–Kier alpha value is -3.22. The molecule has 4 aromatic rings. The Labute approximate surface area is 215 Å². The van der Waals surface area contributed by atoms with Gasteiger partial charge in [0.25, 0.3) is 0 Å². The van der Waals surface area contributed by atoms with Crippen LogP contribution in [0.3, 0.4) is 0 Å². The highest BCUT2D eigenvalue weighted by molar-refractivity contribution is 6.31. The van der Waals surface area contributed by atoms with Crippen molar-refractivity contribution < 1.29 is 9.18 Å². The van der Waals surface area contributed by atoms with E-state index in [1.54, 1.807) is 12.1 Å². The molecule has 0 radical (unpaired) electrons. The molecule has 0 aliphatic carbocycles. The number of imidazole rings is 1. The van der Waals surface area contributed by atoms with Gasteiger partial charge in [-0.05, 0) is 105 Å². The standard InChI is InChI=1S/C29H30ClFN4O/c1-20(36)32-26-5-2-4-23(18-26)21-12-16-34(17-13-21)14-3-15-35-28-11-8-24(30)19-27(28)33-29(35)22-6-9-25(31)10-7-22/h2,4-11,18-19,21H,3,12-17H2,1H3,(H,32,36). The number of anilines is 1. The maximum Gasteiger partial charge on any atom is 0.221 e. The molecule has 0 atom stereocenters. The Morgan fingerprint density at radius 2 is 1.83 bits per heavy atom. The van der Waals surface area contributed by atoms with Crippen LogP contribution in [-0.4, -0.2) is 40.0 Å². The largest absolute Gasteiger partial charge is 0.326 e. The minimum Gasteiger partial charge on any atom is -0.326 e. The first-order valence-corrected chi connectivity index (χ1v) is 12.9. The molecule has 186 valence electrons. The van der Waals surface area contributed by atoms with E-state index in [4.69, 9.17) is 16.6 Å². The Balaban J connectivity index is 1.22. The van der Waals surface area contributed by atoms with E-state index < -0.39 is 0 Å². The number of rotatable bonds is 7. The van der Waals surface area contributed by atoms with Gasteiger partial charge in [-0.1, -0.05) is 23.7 Å². The van der Waals surface area contributed by atoms with Crippen LogP contribution in [0.5, 0.6) is 0 Å². The average Bonchev–Trinajstić information content (AvgIpc) is 3.22. The van der Waals surface area contributed by atoms with Gasteiger partial charge in [0.15, 0.2) is 0 Å². The molecule has 5 rings (SSSR count). The Kier molecular flexibility index (Phi) is 7.35. The summed E-state index contributed by atoms with van der Waals surface area (Å²) in [7, 11) is 0. The fourth-order valence-corrected chi connectivity index (χ4v) is 5.33. The van der Waals surface area contributed by atoms with Crippen molar-refractivity contribution in [2.75, 3.05) is 25.0 Å². The number of aromatic nitrogens is 2. The van der Waals surface area contributed by atoms with Crippen LogP contribution in [0.25, 0.3) is 22.4 Å². The molecule has 1 saturated heterocycles. The number of aryl methyl sites for hydroxylation is 1. The van der Waals surface area contributed by atoms with Gasteiger partial charge in [0.2, 0.25) is 5.91 Å². The first kappa shape index (κ1) is 24.5. The van der Waals surface area contributed by atoms with Crippen LogP contribution in [-0.2, 0) is 11.3 Å². The van der Waals surface area contributed by atoms with Crippen molar-refractivity contribution >= 4 is 34.2 Å². The monoisotopic (exact) mass is 504 g/mol. The normalized spacial score (nSPS) is 14.9. The predicted molar refractivity (Wildman–Crippen MR) is 144 cm³/mol. The molecule has 3 aromatic carbocycles. The zero-order valence-corrected chi connectivity index (χ0v) is 21.1. The number of carbonyl (C=O) groups is 1. The maximum absolute atomic E-state index is 13.5. The van der Waals surface area contributed by atoms with Gasteiger partial charge in [-0.25, -0.2) is 9.37 Å². The number of likely N-dealkylation sites (tertiary alicyclic amines) is 1. The van der Waals surface area contributed by atoms with Gasteiger partial charge in [-0.15, -0.1) is 0 Å². The topological polar surface area (TPSA) is 50.2 Å². The maximum atomic E-state index is 13.5. The van der Waals surface area contributed by atoms with E-state index in [2.05, 4.69) is 26.9 Å². The molecule has 1 fully saturated rings. The zero-order valence-electron chi connectivity index (χ0n) is 20.4. The molecule has 1 aromatic heterocycles. The second-order valence-corrected chi connectivity index (χ2v) is 9.94. The average molecular weight is 505 g/mol. The van der Waals surface area contributed by atoms with Crippen LogP contribution in [0.15, 0.2) is 66.7 Å². The minimum atomic E-state index is -0.255. The van der Waals surface area contributed by atoms with Gasteiger partial charge in [0.1, 0.15) is 11.6 Å². The van der Waals surface area contributed by atoms with Gasteiger partial charge in [0, 0.05) is 29.7 Å². The molecule has 1 amide bonds. The minimum absolute atomic E-state index is 0.0432. The molecule has 5 nitrogen and oxygen atoms in total. The molecule has 1 aliphatic rings. The van der Waals surface area contributed by atoms with E-state index in [1.807, 2.05) is 30.3 Å². The summed E-state index contributed by atoms with van der Waals surface area (Å²) in [6.45, 7) is 5.48.